The van der Waals surface area contributed by atoms with Gasteiger partial charge in [0.05, 0.1) is 19.2 Å². The van der Waals surface area contributed by atoms with Crippen LogP contribution in [0.25, 0.3) is 10.9 Å². The summed E-state index contributed by atoms with van der Waals surface area (Å²) in [6.07, 6.45) is 9.69. The van der Waals surface area contributed by atoms with Crippen LogP contribution in [-0.2, 0) is 11.2 Å². The first-order chi connectivity index (χ1) is 16.8. The average Bonchev–Trinajstić information content (AvgIpc) is 3.26. The van der Waals surface area contributed by atoms with Gasteiger partial charge < -0.3 is 19.7 Å². The number of ether oxygens (including phenoxy) is 2. The molecule has 1 N–H and O–H groups in total. The molecule has 7 heteroatoms. The molecule has 0 amide bonds. The first kappa shape index (κ1) is 21.6. The number of pyridine rings is 1. The summed E-state index contributed by atoms with van der Waals surface area (Å²) in [4.78, 5) is 16.6. The minimum absolute atomic E-state index is 0.404. The Morgan fingerprint density at radius 2 is 2.06 bits per heavy atom. The first-order valence-electron chi connectivity index (χ1n) is 12.6. The zero-order valence-electron chi connectivity index (χ0n) is 19.8. The highest BCUT2D eigenvalue weighted by Crippen LogP contribution is 2.41. The van der Waals surface area contributed by atoms with Gasteiger partial charge in [-0.2, -0.15) is 4.98 Å². The van der Waals surface area contributed by atoms with E-state index in [2.05, 4.69) is 27.3 Å². The molecular formula is C27H33N5O2. The lowest BCUT2D eigenvalue weighted by Gasteiger charge is -2.39. The zero-order valence-corrected chi connectivity index (χ0v) is 19.8. The van der Waals surface area contributed by atoms with Crippen molar-refractivity contribution in [1.29, 1.82) is 0 Å². The Morgan fingerprint density at radius 1 is 1.15 bits per heavy atom. The van der Waals surface area contributed by atoms with E-state index in [4.69, 9.17) is 19.4 Å². The fraction of sp³-hybridized carbons (Fsp3) is 0.519. The maximum absolute atomic E-state index is 5.67. The normalized spacial score (nSPS) is 24.6. The second-order valence-electron chi connectivity index (χ2n) is 10.0. The van der Waals surface area contributed by atoms with E-state index in [-0.39, 0.29) is 0 Å². The first-order valence-corrected chi connectivity index (χ1v) is 12.6. The van der Waals surface area contributed by atoms with E-state index in [0.717, 1.165) is 73.5 Å². The van der Waals surface area contributed by atoms with E-state index < -0.39 is 0 Å². The lowest BCUT2D eigenvalue weighted by molar-refractivity contribution is 0.187. The zero-order chi connectivity index (χ0) is 22.9. The molecule has 0 bridgehead atoms. The largest absolute Gasteiger partial charge is 0.497 e. The van der Waals surface area contributed by atoms with E-state index in [9.17, 15) is 0 Å². The summed E-state index contributed by atoms with van der Waals surface area (Å²) in [5.41, 5.74) is 2.27. The lowest BCUT2D eigenvalue weighted by Crippen LogP contribution is -2.46. The molecule has 0 unspecified atom stereocenters. The second kappa shape index (κ2) is 9.37. The van der Waals surface area contributed by atoms with Crippen molar-refractivity contribution in [2.75, 3.05) is 43.6 Å². The Kier molecular flexibility index (Phi) is 5.95. The van der Waals surface area contributed by atoms with Gasteiger partial charge in [-0.1, -0.05) is 6.07 Å². The Bertz CT molecular complexity index is 1130. The number of methoxy groups -OCH3 is 1. The predicted octanol–water partition coefficient (Wildman–Crippen LogP) is 4.33. The SMILES string of the molecule is COc1ccc2c(N3CCC(CCc4cccnc4)CC3)nc(N[C@@H]3C[C@@H]4COC[C@@H]43)nc2c1. The van der Waals surface area contributed by atoms with Crippen molar-refractivity contribution in [1.82, 2.24) is 15.0 Å². The number of rotatable bonds is 7. The van der Waals surface area contributed by atoms with Gasteiger partial charge in [0, 0.05) is 55.5 Å². The minimum atomic E-state index is 0.404. The highest BCUT2D eigenvalue weighted by atomic mass is 16.5. The number of nitrogens with zero attached hydrogens (tertiary/aromatic N) is 4. The van der Waals surface area contributed by atoms with Gasteiger partial charge >= 0.3 is 0 Å². The number of anilines is 2. The molecule has 3 fully saturated rings. The smallest absolute Gasteiger partial charge is 0.225 e. The molecule has 2 saturated heterocycles. The number of fused-ring (bicyclic) bond motifs is 2. The summed E-state index contributed by atoms with van der Waals surface area (Å²) in [7, 11) is 1.70. The number of nitrogens with one attached hydrogen (secondary N) is 1. The van der Waals surface area contributed by atoms with Gasteiger partial charge in [-0.3, -0.25) is 4.98 Å². The van der Waals surface area contributed by atoms with Gasteiger partial charge in [-0.05, 0) is 67.7 Å². The molecule has 4 heterocycles. The summed E-state index contributed by atoms with van der Waals surface area (Å²) < 4.78 is 11.1. The van der Waals surface area contributed by atoms with Gasteiger partial charge in [0.15, 0.2) is 0 Å². The predicted molar refractivity (Wildman–Crippen MR) is 133 cm³/mol. The number of piperidine rings is 1. The van der Waals surface area contributed by atoms with E-state index in [1.165, 1.54) is 24.8 Å². The molecule has 0 radical (unpaired) electrons. The molecule has 0 spiro atoms. The fourth-order valence-corrected chi connectivity index (χ4v) is 5.82. The maximum Gasteiger partial charge on any atom is 0.225 e. The molecule has 3 aromatic rings. The van der Waals surface area contributed by atoms with Crippen LogP contribution in [0.5, 0.6) is 5.75 Å². The number of aromatic nitrogens is 3. The van der Waals surface area contributed by atoms with Gasteiger partial charge in [0.2, 0.25) is 5.95 Å². The Morgan fingerprint density at radius 3 is 2.85 bits per heavy atom. The molecule has 34 heavy (non-hydrogen) atoms. The molecule has 1 aromatic carbocycles. The third kappa shape index (κ3) is 4.29. The Labute approximate surface area is 200 Å². The molecular weight excluding hydrogens is 426 g/mol. The van der Waals surface area contributed by atoms with E-state index >= 15 is 0 Å². The van der Waals surface area contributed by atoms with Crippen LogP contribution in [-0.4, -0.2) is 54.4 Å². The van der Waals surface area contributed by atoms with Crippen LogP contribution >= 0.6 is 0 Å². The minimum Gasteiger partial charge on any atom is -0.497 e. The van der Waals surface area contributed by atoms with Crippen molar-refractivity contribution in [3.05, 3.63) is 48.3 Å². The quantitative estimate of drug-likeness (QED) is 0.564. The van der Waals surface area contributed by atoms with Crippen LogP contribution < -0.4 is 15.0 Å². The van der Waals surface area contributed by atoms with E-state index in [1.807, 2.05) is 30.6 Å². The molecule has 3 atom stereocenters. The van der Waals surface area contributed by atoms with Crippen molar-refractivity contribution in [3.8, 4) is 5.75 Å². The molecule has 3 aliphatic rings. The van der Waals surface area contributed by atoms with E-state index in [1.54, 1.807) is 7.11 Å². The van der Waals surface area contributed by atoms with Crippen LogP contribution in [0.2, 0.25) is 0 Å². The number of hydrogen-bond acceptors (Lipinski definition) is 7. The standard InChI is InChI=1S/C27H33N5O2/c1-33-21-6-7-22-25(14-21)30-27(29-24-13-20-16-34-17-23(20)24)31-26(22)32-11-8-18(9-12-32)4-5-19-3-2-10-28-15-19/h2-3,6-7,10,14-15,18,20,23-24H,4-5,8-9,11-13,16-17H2,1H3,(H,29,30,31)/t20-,23+,24-/m1/s1. The average molecular weight is 460 g/mol. The van der Waals surface area contributed by atoms with Crippen LogP contribution in [0, 0.1) is 17.8 Å². The van der Waals surface area contributed by atoms with Gasteiger partial charge in [0.1, 0.15) is 11.6 Å². The second-order valence-corrected chi connectivity index (χ2v) is 10.0. The summed E-state index contributed by atoms with van der Waals surface area (Å²) in [5.74, 6) is 4.62. The van der Waals surface area contributed by atoms with Crippen molar-refractivity contribution in [3.63, 3.8) is 0 Å². The molecule has 6 rings (SSSR count). The number of aryl methyl sites for hydroxylation is 1. The topological polar surface area (TPSA) is 72.4 Å². The summed E-state index contributed by atoms with van der Waals surface area (Å²) in [6.45, 7) is 3.80. The van der Waals surface area contributed by atoms with Crippen molar-refractivity contribution >= 4 is 22.7 Å². The number of hydrogen-bond donors (Lipinski definition) is 1. The van der Waals surface area contributed by atoms with E-state index in [0.29, 0.717) is 17.9 Å². The highest BCUT2D eigenvalue weighted by molar-refractivity contribution is 5.91. The highest BCUT2D eigenvalue weighted by Gasteiger charge is 2.45. The molecule has 1 aliphatic carbocycles. The maximum atomic E-state index is 5.67. The molecule has 1 saturated carbocycles. The van der Waals surface area contributed by atoms with Gasteiger partial charge in [-0.15, -0.1) is 0 Å². The van der Waals surface area contributed by atoms with Crippen LogP contribution in [0.15, 0.2) is 42.7 Å². The summed E-state index contributed by atoms with van der Waals surface area (Å²) in [6, 6.07) is 10.7. The molecule has 2 aromatic heterocycles. The van der Waals surface area contributed by atoms with Gasteiger partial charge in [-0.25, -0.2) is 4.98 Å². The van der Waals surface area contributed by atoms with Crippen LogP contribution in [0.1, 0.15) is 31.2 Å². The van der Waals surface area contributed by atoms with Crippen molar-refractivity contribution < 1.29 is 9.47 Å². The monoisotopic (exact) mass is 459 g/mol. The molecule has 7 nitrogen and oxygen atoms in total. The third-order valence-electron chi connectivity index (χ3n) is 8.00. The number of benzene rings is 1. The van der Waals surface area contributed by atoms with Crippen molar-refractivity contribution in [2.24, 2.45) is 17.8 Å². The third-order valence-corrected chi connectivity index (χ3v) is 8.00. The fourth-order valence-electron chi connectivity index (χ4n) is 5.82. The molecule has 2 aliphatic heterocycles. The Balaban J connectivity index is 1.18. The van der Waals surface area contributed by atoms with Gasteiger partial charge in [0.25, 0.3) is 0 Å². The molecule has 178 valence electrons. The Hall–Kier alpha value is -2.93. The van der Waals surface area contributed by atoms with Crippen molar-refractivity contribution in [2.45, 2.75) is 38.1 Å². The van der Waals surface area contributed by atoms with Crippen LogP contribution in [0.3, 0.4) is 0 Å². The summed E-state index contributed by atoms with van der Waals surface area (Å²) in [5, 5.41) is 4.72. The van der Waals surface area contributed by atoms with Crippen LogP contribution in [0.4, 0.5) is 11.8 Å². The summed E-state index contributed by atoms with van der Waals surface area (Å²) >= 11 is 0. The lowest BCUT2D eigenvalue weighted by atomic mass is 9.71.